The quantitative estimate of drug-likeness (QED) is 0.360. The molecule has 0 saturated heterocycles. The summed E-state index contributed by atoms with van der Waals surface area (Å²) in [4.78, 5) is 23.7. The van der Waals surface area contributed by atoms with Crippen LogP contribution in [-0.4, -0.2) is 12.6 Å². The van der Waals surface area contributed by atoms with Crippen LogP contribution in [0.2, 0.25) is 0 Å². The molecule has 0 fully saturated rings. The van der Waals surface area contributed by atoms with Gasteiger partial charge in [-0.05, 0) is 48.1 Å². The maximum atomic E-state index is 12.0. The highest BCUT2D eigenvalue weighted by atomic mass is 16.5. The molecule has 0 aliphatic carbocycles. The summed E-state index contributed by atoms with van der Waals surface area (Å²) >= 11 is 0. The first-order chi connectivity index (χ1) is 14.5. The van der Waals surface area contributed by atoms with Gasteiger partial charge in [-0.3, -0.25) is 4.79 Å². The highest BCUT2D eigenvalue weighted by molar-refractivity contribution is 5.83. The molecule has 1 heterocycles. The standard InChI is InChI=1S/C25H26O5/c1-4-12-28-24(26)11-10-20-14-21-17(3)13-25(27)30-23(21)15-22(20)29-16-19-8-6-18(5-2)7-9-19/h5-9,13-15H,2,4,10-12,16H2,1,3H3. The maximum absolute atomic E-state index is 12.0. The predicted molar refractivity (Wildman–Crippen MR) is 118 cm³/mol. The second kappa shape index (κ2) is 9.92. The third-order valence-electron chi connectivity index (χ3n) is 4.81. The van der Waals surface area contributed by atoms with E-state index in [2.05, 4.69) is 6.58 Å². The summed E-state index contributed by atoms with van der Waals surface area (Å²) in [6.45, 7) is 8.35. The van der Waals surface area contributed by atoms with Gasteiger partial charge < -0.3 is 13.9 Å². The smallest absolute Gasteiger partial charge is 0.336 e. The Morgan fingerprint density at radius 1 is 1.17 bits per heavy atom. The number of hydrogen-bond donors (Lipinski definition) is 0. The van der Waals surface area contributed by atoms with E-state index in [0.29, 0.717) is 31.0 Å². The van der Waals surface area contributed by atoms with Gasteiger partial charge in [-0.25, -0.2) is 4.79 Å². The molecule has 0 saturated carbocycles. The number of ether oxygens (including phenoxy) is 2. The van der Waals surface area contributed by atoms with Gasteiger partial charge >= 0.3 is 11.6 Å². The fourth-order valence-corrected chi connectivity index (χ4v) is 3.16. The lowest BCUT2D eigenvalue weighted by molar-refractivity contribution is -0.143. The topological polar surface area (TPSA) is 65.7 Å². The zero-order valence-corrected chi connectivity index (χ0v) is 17.4. The van der Waals surface area contributed by atoms with Crippen molar-refractivity contribution < 1.29 is 18.7 Å². The molecule has 0 amide bonds. The lowest BCUT2D eigenvalue weighted by atomic mass is 10.0. The first-order valence-electron chi connectivity index (χ1n) is 10.1. The summed E-state index contributed by atoms with van der Waals surface area (Å²) in [5.74, 6) is 0.353. The Balaban J connectivity index is 1.87. The highest BCUT2D eigenvalue weighted by Gasteiger charge is 2.13. The van der Waals surface area contributed by atoms with E-state index in [4.69, 9.17) is 13.9 Å². The molecular formula is C25H26O5. The summed E-state index contributed by atoms with van der Waals surface area (Å²) < 4.78 is 16.6. The van der Waals surface area contributed by atoms with Crippen LogP contribution in [0.15, 0.2) is 58.3 Å². The summed E-state index contributed by atoms with van der Waals surface area (Å²) in [5.41, 5.74) is 3.79. The van der Waals surface area contributed by atoms with Crippen LogP contribution in [0, 0.1) is 6.92 Å². The molecule has 2 aromatic carbocycles. The SMILES string of the molecule is C=Cc1ccc(COc2cc3oc(=O)cc(C)c3cc2CCC(=O)OCCC)cc1. The maximum Gasteiger partial charge on any atom is 0.336 e. The largest absolute Gasteiger partial charge is 0.488 e. The van der Waals surface area contributed by atoms with Crippen LogP contribution in [-0.2, 0) is 22.6 Å². The summed E-state index contributed by atoms with van der Waals surface area (Å²) in [7, 11) is 0. The Morgan fingerprint density at radius 3 is 2.63 bits per heavy atom. The molecule has 5 heteroatoms. The highest BCUT2D eigenvalue weighted by Crippen LogP contribution is 2.29. The zero-order chi connectivity index (χ0) is 21.5. The second-order valence-corrected chi connectivity index (χ2v) is 7.16. The molecule has 3 aromatic rings. The number of benzene rings is 2. The van der Waals surface area contributed by atoms with E-state index in [1.54, 1.807) is 12.1 Å². The molecule has 1 aromatic heterocycles. The number of hydrogen-bond acceptors (Lipinski definition) is 5. The Hall–Kier alpha value is -3.34. The number of aryl methyl sites for hydroxylation is 2. The first-order valence-corrected chi connectivity index (χ1v) is 10.1. The predicted octanol–water partition coefficient (Wildman–Crippen LogP) is 5.21. The van der Waals surface area contributed by atoms with Gasteiger partial charge in [0.05, 0.1) is 6.61 Å². The molecule has 0 spiro atoms. The first kappa shape index (κ1) is 21.4. The number of carbonyl (C=O) groups excluding carboxylic acids is 1. The van der Waals surface area contributed by atoms with E-state index in [1.807, 2.05) is 44.2 Å². The molecule has 5 nitrogen and oxygen atoms in total. The summed E-state index contributed by atoms with van der Waals surface area (Å²) in [6.07, 6.45) is 3.31. The minimum atomic E-state index is -0.401. The minimum Gasteiger partial charge on any atom is -0.488 e. The Bertz CT molecular complexity index is 1090. The summed E-state index contributed by atoms with van der Waals surface area (Å²) in [5, 5.41) is 0.828. The molecule has 0 N–H and O–H groups in total. The summed E-state index contributed by atoms with van der Waals surface area (Å²) in [6, 6.07) is 13.0. The third kappa shape index (κ3) is 5.38. The van der Waals surface area contributed by atoms with Crippen LogP contribution in [0.5, 0.6) is 5.75 Å². The van der Waals surface area contributed by atoms with Gasteiger partial charge in [0.2, 0.25) is 0 Å². The van der Waals surface area contributed by atoms with E-state index >= 15 is 0 Å². The van der Waals surface area contributed by atoms with E-state index in [0.717, 1.165) is 34.1 Å². The van der Waals surface area contributed by atoms with Gasteiger partial charge in [-0.1, -0.05) is 43.8 Å². The lowest BCUT2D eigenvalue weighted by Crippen LogP contribution is -2.08. The van der Waals surface area contributed by atoms with Crippen molar-refractivity contribution in [3.8, 4) is 5.75 Å². The minimum absolute atomic E-state index is 0.237. The monoisotopic (exact) mass is 406 g/mol. The normalized spacial score (nSPS) is 10.7. The van der Waals surface area contributed by atoms with Crippen molar-refractivity contribution in [1.82, 2.24) is 0 Å². The molecule has 0 aliphatic rings. The molecular weight excluding hydrogens is 380 g/mol. The molecule has 0 aliphatic heterocycles. The molecule has 0 radical (unpaired) electrons. The molecule has 0 unspecified atom stereocenters. The average molecular weight is 406 g/mol. The molecule has 156 valence electrons. The third-order valence-corrected chi connectivity index (χ3v) is 4.81. The Morgan fingerprint density at radius 2 is 1.93 bits per heavy atom. The Labute approximate surface area is 175 Å². The van der Waals surface area contributed by atoms with Crippen molar-refractivity contribution in [3.05, 3.63) is 81.7 Å². The van der Waals surface area contributed by atoms with Crippen molar-refractivity contribution in [1.29, 1.82) is 0 Å². The van der Waals surface area contributed by atoms with Crippen LogP contribution in [0.4, 0.5) is 0 Å². The van der Waals surface area contributed by atoms with E-state index in [1.165, 1.54) is 6.07 Å². The molecule has 30 heavy (non-hydrogen) atoms. The second-order valence-electron chi connectivity index (χ2n) is 7.16. The van der Waals surface area contributed by atoms with Gasteiger partial charge in [0.1, 0.15) is 17.9 Å². The lowest BCUT2D eigenvalue weighted by Gasteiger charge is -2.14. The number of carbonyl (C=O) groups is 1. The van der Waals surface area contributed by atoms with E-state index in [9.17, 15) is 9.59 Å². The van der Waals surface area contributed by atoms with Gasteiger partial charge in [0.25, 0.3) is 0 Å². The van der Waals surface area contributed by atoms with Crippen LogP contribution in [0.3, 0.4) is 0 Å². The van der Waals surface area contributed by atoms with Crippen LogP contribution >= 0.6 is 0 Å². The fourth-order valence-electron chi connectivity index (χ4n) is 3.16. The van der Waals surface area contributed by atoms with Crippen molar-refractivity contribution in [2.75, 3.05) is 6.61 Å². The van der Waals surface area contributed by atoms with E-state index in [-0.39, 0.29) is 12.4 Å². The molecule has 0 atom stereocenters. The van der Waals surface area contributed by atoms with Crippen LogP contribution in [0.25, 0.3) is 17.0 Å². The number of rotatable bonds is 9. The van der Waals surface area contributed by atoms with Gasteiger partial charge in [0.15, 0.2) is 0 Å². The molecule has 3 rings (SSSR count). The van der Waals surface area contributed by atoms with Gasteiger partial charge in [-0.15, -0.1) is 0 Å². The van der Waals surface area contributed by atoms with Crippen LogP contribution < -0.4 is 10.4 Å². The fraction of sp³-hybridized carbons (Fsp3) is 0.280. The van der Waals surface area contributed by atoms with Crippen molar-refractivity contribution >= 4 is 23.0 Å². The van der Waals surface area contributed by atoms with Crippen molar-refractivity contribution in [2.45, 2.75) is 39.7 Å². The van der Waals surface area contributed by atoms with Crippen molar-refractivity contribution in [3.63, 3.8) is 0 Å². The number of fused-ring (bicyclic) bond motifs is 1. The van der Waals surface area contributed by atoms with Gasteiger partial charge in [0, 0.05) is 23.9 Å². The van der Waals surface area contributed by atoms with Crippen LogP contribution in [0.1, 0.15) is 42.0 Å². The van der Waals surface area contributed by atoms with Gasteiger partial charge in [-0.2, -0.15) is 0 Å². The number of esters is 1. The Kier molecular flexibility index (Phi) is 7.07. The van der Waals surface area contributed by atoms with Crippen molar-refractivity contribution in [2.24, 2.45) is 0 Å². The zero-order valence-electron chi connectivity index (χ0n) is 17.4. The van der Waals surface area contributed by atoms with E-state index < -0.39 is 5.63 Å². The molecule has 0 bridgehead atoms. The average Bonchev–Trinajstić information content (AvgIpc) is 2.75.